The quantitative estimate of drug-likeness (QED) is 0.162. The van der Waals surface area contributed by atoms with Crippen LogP contribution in [0, 0.1) is 11.3 Å². The molecule has 14 heteroatoms. The number of rotatable bonds is 6. The van der Waals surface area contributed by atoms with Crippen LogP contribution in [-0.4, -0.2) is 85.6 Å². The Bertz CT molecular complexity index is 3260. The molecule has 0 saturated carbocycles. The van der Waals surface area contributed by atoms with Gasteiger partial charge in [-0.1, -0.05) is 106 Å². The Morgan fingerprint density at radius 2 is 0.900 bits per heavy atom. The smallest absolute Gasteiger partial charge is 0.164 e. The maximum atomic E-state index is 9.54. The first-order valence-corrected chi connectivity index (χ1v) is 20.5. The molecule has 0 fully saturated rings. The van der Waals surface area contributed by atoms with Gasteiger partial charge in [0.25, 0.3) is 0 Å². The zero-order valence-electron chi connectivity index (χ0n) is 35.7. The lowest BCUT2D eigenvalue weighted by molar-refractivity contribution is 0.669. The first-order chi connectivity index (χ1) is 28.9. The number of benzene rings is 7. The number of hydrogen-bond donors (Lipinski definition) is 0. The van der Waals surface area contributed by atoms with Gasteiger partial charge >= 0.3 is 0 Å². The van der Waals surface area contributed by atoms with Crippen LogP contribution < -0.4 is 49.2 Å². The largest absolute Gasteiger partial charge is 0.456 e. The van der Waals surface area contributed by atoms with Crippen LogP contribution >= 0.6 is 0 Å². The van der Waals surface area contributed by atoms with Crippen molar-refractivity contribution >= 4 is 142 Å². The Kier molecular flexibility index (Phi) is 9.87. The molecule has 274 valence electrons. The van der Waals surface area contributed by atoms with E-state index in [1.165, 1.54) is 71.4 Å². The molecule has 0 aliphatic heterocycles. The van der Waals surface area contributed by atoms with Crippen LogP contribution in [0.5, 0.6) is 0 Å². The van der Waals surface area contributed by atoms with E-state index in [-0.39, 0.29) is 0 Å². The molecule has 9 aromatic rings. The minimum Gasteiger partial charge on any atom is -0.456 e. The van der Waals surface area contributed by atoms with Crippen LogP contribution in [0.15, 0.2) is 120 Å². The molecule has 7 aromatic carbocycles. The molecule has 0 N–H and O–H groups in total. The van der Waals surface area contributed by atoms with Gasteiger partial charge in [-0.3, -0.25) is 0 Å². The predicted molar refractivity (Wildman–Crippen MR) is 278 cm³/mol. The highest BCUT2D eigenvalue weighted by molar-refractivity contribution is 6.70. The zero-order chi connectivity index (χ0) is 42.0. The van der Waals surface area contributed by atoms with Crippen molar-refractivity contribution in [2.45, 2.75) is 0 Å². The molecule has 0 aliphatic carbocycles. The summed E-state index contributed by atoms with van der Waals surface area (Å²) < 4.78 is 6.73. The molecule has 0 amide bonds. The normalized spacial score (nSPS) is 11.2. The van der Waals surface area contributed by atoms with Crippen LogP contribution in [0.2, 0.25) is 0 Å². The monoisotopic (exact) mass is 760 g/mol. The maximum absolute atomic E-state index is 9.54. The lowest BCUT2D eigenvalue weighted by Crippen LogP contribution is -2.57. The van der Waals surface area contributed by atoms with Gasteiger partial charge in [-0.05, 0) is 69.8 Å². The fraction of sp³-hybridized carbons (Fsp3) is 0. The van der Waals surface area contributed by atoms with Crippen molar-refractivity contribution in [3.05, 3.63) is 121 Å². The first kappa shape index (κ1) is 38.9. The second-order valence-electron chi connectivity index (χ2n) is 16.2. The van der Waals surface area contributed by atoms with E-state index < -0.39 is 0 Å². The molecule has 0 radical (unpaired) electrons. The van der Waals surface area contributed by atoms with Gasteiger partial charge in [0.2, 0.25) is 0 Å². The standard InChI is InChI=1S/C46H37B9N4O/c47-35-32(36(48)40(52)37(49)33(35)34-38(50)41(53)43(55)42(54)39(34)51)28-13-6-14-29-31(28)27-16-15-26(19-30(27)60-29)46-58-44(22-8-2-1-3-9-22)57-45(59-46)25-12-5-11-24(18-25)23-10-4-7-21(17-23)20-56/h1-19H,47-55H2. The van der Waals surface area contributed by atoms with Gasteiger partial charge < -0.3 is 4.42 Å². The van der Waals surface area contributed by atoms with E-state index in [0.717, 1.165) is 49.8 Å². The highest BCUT2D eigenvalue weighted by atomic mass is 16.3. The second kappa shape index (κ2) is 15.2. The lowest BCUT2D eigenvalue weighted by Gasteiger charge is -2.27. The van der Waals surface area contributed by atoms with E-state index >= 15 is 0 Å². The molecule has 0 bridgehead atoms. The molecular formula is C46H37B9N4O. The van der Waals surface area contributed by atoms with Crippen molar-refractivity contribution in [1.82, 2.24) is 15.0 Å². The van der Waals surface area contributed by atoms with Gasteiger partial charge in [0.15, 0.2) is 17.5 Å². The molecule has 2 aromatic heterocycles. The summed E-state index contributed by atoms with van der Waals surface area (Å²) in [7, 11) is 20.5. The third-order valence-electron chi connectivity index (χ3n) is 13.0. The van der Waals surface area contributed by atoms with Gasteiger partial charge in [0.05, 0.1) is 11.6 Å². The van der Waals surface area contributed by atoms with Crippen molar-refractivity contribution in [2.75, 3.05) is 0 Å². The van der Waals surface area contributed by atoms with Gasteiger partial charge in [-0.2, -0.15) is 5.26 Å². The van der Waals surface area contributed by atoms with E-state index in [1.807, 2.05) is 72.8 Å². The molecule has 2 heterocycles. The summed E-state index contributed by atoms with van der Waals surface area (Å²) in [6.07, 6.45) is 0. The number of fused-ring (bicyclic) bond motifs is 3. The van der Waals surface area contributed by atoms with Crippen molar-refractivity contribution < 1.29 is 4.42 Å². The average Bonchev–Trinajstić information content (AvgIpc) is 3.67. The predicted octanol–water partition coefficient (Wildman–Crippen LogP) is -4.03. The Labute approximate surface area is 359 Å². The molecular weight excluding hydrogens is 722 g/mol. The van der Waals surface area contributed by atoms with Gasteiger partial charge in [-0.15, -0.1) is 21.9 Å². The van der Waals surface area contributed by atoms with E-state index in [4.69, 9.17) is 19.4 Å². The molecule has 0 unspecified atom stereocenters. The molecule has 9 rings (SSSR count). The maximum Gasteiger partial charge on any atom is 0.164 e. The van der Waals surface area contributed by atoms with Gasteiger partial charge in [0, 0.05) is 27.5 Å². The summed E-state index contributed by atoms with van der Waals surface area (Å²) in [4.78, 5) is 15.1. The summed E-state index contributed by atoms with van der Waals surface area (Å²) in [5, 5.41) is 11.7. The Hall–Kier alpha value is -6.58. The highest BCUT2D eigenvalue weighted by Gasteiger charge is 2.24. The van der Waals surface area contributed by atoms with Crippen molar-refractivity contribution in [3.8, 4) is 73.6 Å². The van der Waals surface area contributed by atoms with Crippen LogP contribution in [0.25, 0.3) is 89.5 Å². The molecule has 0 atom stereocenters. The molecule has 60 heavy (non-hydrogen) atoms. The van der Waals surface area contributed by atoms with Crippen molar-refractivity contribution in [1.29, 1.82) is 5.26 Å². The Morgan fingerprint density at radius 3 is 1.57 bits per heavy atom. The molecule has 0 saturated heterocycles. The third-order valence-corrected chi connectivity index (χ3v) is 13.0. The Balaban J connectivity index is 1.21. The number of aromatic nitrogens is 3. The van der Waals surface area contributed by atoms with Crippen LogP contribution in [0.3, 0.4) is 0 Å². The van der Waals surface area contributed by atoms with Crippen molar-refractivity contribution in [3.63, 3.8) is 0 Å². The van der Waals surface area contributed by atoms with Crippen LogP contribution in [0.4, 0.5) is 0 Å². The average molecular weight is 759 g/mol. The molecule has 0 spiro atoms. The van der Waals surface area contributed by atoms with E-state index in [1.54, 1.807) is 0 Å². The summed E-state index contributed by atoms with van der Waals surface area (Å²) in [5.41, 5.74) is 23.9. The number of nitrogens with zero attached hydrogens (tertiary/aromatic N) is 4. The van der Waals surface area contributed by atoms with Crippen LogP contribution in [-0.2, 0) is 0 Å². The number of nitriles is 1. The van der Waals surface area contributed by atoms with Gasteiger partial charge in [-0.25, -0.2) is 15.0 Å². The summed E-state index contributed by atoms with van der Waals surface area (Å²) in [6, 6.07) is 40.8. The third kappa shape index (κ3) is 6.45. The van der Waals surface area contributed by atoms with E-state index in [9.17, 15) is 5.26 Å². The van der Waals surface area contributed by atoms with E-state index in [0.29, 0.717) is 23.0 Å². The summed E-state index contributed by atoms with van der Waals surface area (Å²) in [5.74, 6) is 1.70. The summed E-state index contributed by atoms with van der Waals surface area (Å²) in [6.45, 7) is 0. The second-order valence-corrected chi connectivity index (χ2v) is 16.2. The topological polar surface area (TPSA) is 75.6 Å². The van der Waals surface area contributed by atoms with E-state index in [2.05, 4.69) is 119 Å². The van der Waals surface area contributed by atoms with Crippen molar-refractivity contribution in [2.24, 2.45) is 0 Å². The van der Waals surface area contributed by atoms with Crippen LogP contribution in [0.1, 0.15) is 5.56 Å². The number of hydrogen-bond acceptors (Lipinski definition) is 5. The highest BCUT2D eigenvalue weighted by Crippen LogP contribution is 2.38. The summed E-state index contributed by atoms with van der Waals surface area (Å²) >= 11 is 0. The fourth-order valence-electron chi connectivity index (χ4n) is 9.13. The molecule has 5 nitrogen and oxygen atoms in total. The van der Waals surface area contributed by atoms with Gasteiger partial charge in [0.1, 0.15) is 81.8 Å². The Morgan fingerprint density at radius 1 is 0.400 bits per heavy atom. The lowest BCUT2D eigenvalue weighted by atomic mass is 9.56. The minimum absolute atomic E-state index is 0.554. The molecule has 0 aliphatic rings. The first-order valence-electron chi connectivity index (χ1n) is 20.5. The SMILES string of the molecule is Bc1c(B)c(B)c(-c2c(B)c(B)c(B)c(-c3cccc4oc5cc(-c6nc(-c7ccccc7)nc(-c7cccc(-c8cccc(C#N)c8)c7)n6)ccc5c34)c2B)c(B)c1B. The minimum atomic E-state index is 0.554. The zero-order valence-corrected chi connectivity index (χ0v) is 35.7. The fourth-order valence-corrected chi connectivity index (χ4v) is 9.13. The number of furan rings is 1.